The number of halogens is 7. The van der Waals surface area contributed by atoms with Crippen LogP contribution in [0.25, 0.3) is 22.0 Å². The molecule has 4 rings (SSSR count). The summed E-state index contributed by atoms with van der Waals surface area (Å²) in [6.45, 7) is 0.815. The molecule has 1 unspecified atom stereocenters. The molecule has 0 aliphatic carbocycles. The molecular formula is C29H24ClF6N3O3. The number of benzene rings is 2. The van der Waals surface area contributed by atoms with E-state index in [1.165, 1.54) is 6.20 Å². The summed E-state index contributed by atoms with van der Waals surface area (Å²) in [7, 11) is 0. The van der Waals surface area contributed by atoms with Gasteiger partial charge in [0.2, 0.25) is 0 Å². The van der Waals surface area contributed by atoms with Crippen molar-refractivity contribution in [1.82, 2.24) is 14.9 Å². The fourth-order valence-corrected chi connectivity index (χ4v) is 4.58. The Hall–Kier alpha value is -3.90. The molecule has 0 saturated carbocycles. The SMILES string of the molecule is CC(CO)CCn1c(C(=O)NCc2cc(C(F)(F)F)cc(C(F)(F)F)c2)c(-c2ccc(Cl)cc2)c2cccnc2c1=O. The van der Waals surface area contributed by atoms with Crippen molar-refractivity contribution >= 4 is 28.4 Å². The molecule has 2 heterocycles. The van der Waals surface area contributed by atoms with E-state index < -0.39 is 47.1 Å². The van der Waals surface area contributed by atoms with E-state index in [0.29, 0.717) is 28.1 Å². The van der Waals surface area contributed by atoms with E-state index in [9.17, 15) is 41.0 Å². The van der Waals surface area contributed by atoms with Crippen LogP contribution >= 0.6 is 11.6 Å². The van der Waals surface area contributed by atoms with E-state index in [1.807, 2.05) is 0 Å². The van der Waals surface area contributed by atoms with Gasteiger partial charge in [0.25, 0.3) is 11.5 Å². The molecule has 4 aromatic rings. The minimum Gasteiger partial charge on any atom is -0.396 e. The number of amides is 1. The fraction of sp³-hybridized carbons (Fsp3) is 0.276. The summed E-state index contributed by atoms with van der Waals surface area (Å²) >= 11 is 6.05. The van der Waals surface area contributed by atoms with Crippen molar-refractivity contribution in [3.8, 4) is 11.1 Å². The van der Waals surface area contributed by atoms with Crippen LogP contribution in [0.15, 0.2) is 65.6 Å². The molecule has 42 heavy (non-hydrogen) atoms. The van der Waals surface area contributed by atoms with Crippen molar-refractivity contribution in [1.29, 1.82) is 0 Å². The predicted octanol–water partition coefficient (Wildman–Crippen LogP) is 6.70. The van der Waals surface area contributed by atoms with E-state index in [-0.39, 0.29) is 48.3 Å². The summed E-state index contributed by atoms with van der Waals surface area (Å²) in [5.74, 6) is -1.16. The number of rotatable bonds is 8. The van der Waals surface area contributed by atoms with E-state index >= 15 is 0 Å². The van der Waals surface area contributed by atoms with Crippen LogP contribution in [0.2, 0.25) is 5.02 Å². The zero-order chi connectivity index (χ0) is 30.8. The third-order valence-corrected chi connectivity index (χ3v) is 6.89. The molecule has 0 aliphatic heterocycles. The Bertz CT molecular complexity index is 1640. The summed E-state index contributed by atoms with van der Waals surface area (Å²) in [5, 5.41) is 12.6. The van der Waals surface area contributed by atoms with Gasteiger partial charge in [0.05, 0.1) is 11.1 Å². The molecule has 1 amide bonds. The Labute approximate surface area is 240 Å². The summed E-state index contributed by atoms with van der Waals surface area (Å²) in [6.07, 6.45) is -8.44. The normalized spacial score (nSPS) is 12.9. The van der Waals surface area contributed by atoms with Crippen molar-refractivity contribution < 1.29 is 36.2 Å². The molecule has 2 aromatic carbocycles. The van der Waals surface area contributed by atoms with Gasteiger partial charge in [-0.3, -0.25) is 14.6 Å². The number of nitrogens with zero attached hydrogens (tertiary/aromatic N) is 2. The van der Waals surface area contributed by atoms with E-state index in [2.05, 4.69) is 10.3 Å². The Balaban J connectivity index is 1.87. The number of carbonyl (C=O) groups is 1. The number of carbonyl (C=O) groups excluding carboxylic acids is 1. The largest absolute Gasteiger partial charge is 0.416 e. The first-order valence-electron chi connectivity index (χ1n) is 12.7. The first-order chi connectivity index (χ1) is 19.7. The first-order valence-corrected chi connectivity index (χ1v) is 13.0. The second-order valence-corrected chi connectivity index (χ2v) is 10.2. The second-order valence-electron chi connectivity index (χ2n) is 9.76. The number of hydrogen-bond acceptors (Lipinski definition) is 4. The number of fused-ring (bicyclic) bond motifs is 1. The van der Waals surface area contributed by atoms with Crippen LogP contribution in [0, 0.1) is 5.92 Å². The highest BCUT2D eigenvalue weighted by atomic mass is 35.5. The topological polar surface area (TPSA) is 84.2 Å². The standard InChI is InChI=1S/C29H24ClF6N3O3/c1-16(15-40)8-10-39-25(23(18-4-6-21(30)7-5-18)22-3-2-9-37-24(22)27(39)42)26(41)38-14-17-11-19(28(31,32)33)13-20(12-17)29(34,35)36/h2-7,9,11-13,16,40H,8,10,14-15H2,1H3,(H,38,41). The van der Waals surface area contributed by atoms with E-state index in [4.69, 9.17) is 11.6 Å². The molecule has 1 atom stereocenters. The summed E-state index contributed by atoms with van der Waals surface area (Å²) < 4.78 is 81.4. The Morgan fingerprint density at radius 2 is 1.64 bits per heavy atom. The van der Waals surface area contributed by atoms with Crippen LogP contribution in [-0.2, 0) is 25.4 Å². The monoisotopic (exact) mass is 611 g/mol. The molecule has 6 nitrogen and oxygen atoms in total. The third-order valence-electron chi connectivity index (χ3n) is 6.64. The van der Waals surface area contributed by atoms with Crippen LogP contribution in [0.4, 0.5) is 26.3 Å². The molecule has 0 aliphatic rings. The van der Waals surface area contributed by atoms with Crippen LogP contribution in [0.5, 0.6) is 0 Å². The van der Waals surface area contributed by atoms with Crippen molar-refractivity contribution in [3.05, 3.63) is 98.6 Å². The van der Waals surface area contributed by atoms with Crippen LogP contribution in [0.1, 0.15) is 40.5 Å². The summed E-state index contributed by atoms with van der Waals surface area (Å²) in [6, 6.07) is 10.5. The number of pyridine rings is 2. The van der Waals surface area contributed by atoms with Gasteiger partial charge < -0.3 is 15.0 Å². The highest BCUT2D eigenvalue weighted by Crippen LogP contribution is 2.36. The minimum absolute atomic E-state index is 0.000281. The van der Waals surface area contributed by atoms with Crippen LogP contribution < -0.4 is 10.9 Å². The van der Waals surface area contributed by atoms with E-state index in [0.717, 1.165) is 4.57 Å². The van der Waals surface area contributed by atoms with Gasteiger partial charge in [0.1, 0.15) is 11.2 Å². The van der Waals surface area contributed by atoms with Crippen LogP contribution in [-0.4, -0.2) is 27.2 Å². The number of nitrogens with one attached hydrogen (secondary N) is 1. The van der Waals surface area contributed by atoms with Crippen molar-refractivity contribution in [2.24, 2.45) is 5.92 Å². The maximum absolute atomic E-state index is 13.8. The maximum Gasteiger partial charge on any atom is 0.416 e. The van der Waals surface area contributed by atoms with Gasteiger partial charge in [0, 0.05) is 41.9 Å². The summed E-state index contributed by atoms with van der Waals surface area (Å²) in [5.41, 5.74) is -3.50. The van der Waals surface area contributed by atoms with Gasteiger partial charge in [0.15, 0.2) is 0 Å². The van der Waals surface area contributed by atoms with Gasteiger partial charge in [-0.2, -0.15) is 26.3 Å². The molecule has 222 valence electrons. The molecule has 2 aromatic heterocycles. The Kier molecular flexibility index (Phi) is 8.98. The molecule has 0 fully saturated rings. The van der Waals surface area contributed by atoms with Crippen molar-refractivity contribution in [2.45, 2.75) is 38.8 Å². The third kappa shape index (κ3) is 6.76. The Morgan fingerprint density at radius 1 is 1.02 bits per heavy atom. The Morgan fingerprint density at radius 3 is 2.21 bits per heavy atom. The second kappa shape index (κ2) is 12.1. The average Bonchev–Trinajstić information content (AvgIpc) is 2.94. The molecular weight excluding hydrogens is 588 g/mol. The highest BCUT2D eigenvalue weighted by Gasteiger charge is 2.37. The van der Waals surface area contributed by atoms with Crippen molar-refractivity contribution in [2.75, 3.05) is 6.61 Å². The number of aliphatic hydroxyl groups is 1. The first kappa shape index (κ1) is 31.0. The molecule has 2 N–H and O–H groups in total. The lowest BCUT2D eigenvalue weighted by atomic mass is 9.97. The van der Waals surface area contributed by atoms with Gasteiger partial charge in [-0.15, -0.1) is 0 Å². The number of aromatic nitrogens is 2. The summed E-state index contributed by atoms with van der Waals surface area (Å²) in [4.78, 5) is 31.5. The van der Waals surface area contributed by atoms with Crippen molar-refractivity contribution in [3.63, 3.8) is 0 Å². The zero-order valence-corrected chi connectivity index (χ0v) is 22.7. The van der Waals surface area contributed by atoms with Gasteiger partial charge >= 0.3 is 12.4 Å². The number of hydrogen-bond donors (Lipinski definition) is 2. The zero-order valence-electron chi connectivity index (χ0n) is 22.0. The lowest BCUT2D eigenvalue weighted by Crippen LogP contribution is -2.34. The van der Waals surface area contributed by atoms with Gasteiger partial charge in [-0.25, -0.2) is 0 Å². The lowest BCUT2D eigenvalue weighted by molar-refractivity contribution is -0.143. The van der Waals surface area contributed by atoms with E-state index in [1.54, 1.807) is 43.3 Å². The number of alkyl halides is 6. The molecule has 0 bridgehead atoms. The fourth-order valence-electron chi connectivity index (χ4n) is 4.46. The van der Waals surface area contributed by atoms with Gasteiger partial charge in [-0.05, 0) is 59.9 Å². The quantitative estimate of drug-likeness (QED) is 0.217. The maximum atomic E-state index is 13.8. The molecule has 13 heteroatoms. The highest BCUT2D eigenvalue weighted by molar-refractivity contribution is 6.30. The van der Waals surface area contributed by atoms with Crippen LogP contribution in [0.3, 0.4) is 0 Å². The minimum atomic E-state index is -5.06. The molecule has 0 saturated heterocycles. The molecule has 0 spiro atoms. The lowest BCUT2D eigenvalue weighted by Gasteiger charge is -2.21. The predicted molar refractivity (Wildman–Crippen MR) is 145 cm³/mol. The smallest absolute Gasteiger partial charge is 0.396 e. The molecule has 0 radical (unpaired) electrons. The van der Waals surface area contributed by atoms with Gasteiger partial charge in [-0.1, -0.05) is 36.7 Å². The average molecular weight is 612 g/mol. The number of aliphatic hydroxyl groups excluding tert-OH is 1.